The van der Waals surface area contributed by atoms with E-state index < -0.39 is 0 Å². The summed E-state index contributed by atoms with van der Waals surface area (Å²) in [6.07, 6.45) is 3.68. The van der Waals surface area contributed by atoms with E-state index >= 15 is 0 Å². The van der Waals surface area contributed by atoms with Crippen LogP contribution in [-0.2, 0) is 4.79 Å². The van der Waals surface area contributed by atoms with Crippen molar-refractivity contribution in [1.29, 1.82) is 0 Å². The first kappa shape index (κ1) is 10.2. The topological polar surface area (TPSA) is 56.0 Å². The summed E-state index contributed by atoms with van der Waals surface area (Å²) >= 11 is 0. The number of rotatable bonds is 0. The molecule has 0 aliphatic rings. The third-order valence-electron chi connectivity index (χ3n) is 1.55. The van der Waals surface area contributed by atoms with Gasteiger partial charge in [-0.3, -0.25) is 9.78 Å². The largest absolute Gasteiger partial charge is 0.370 e. The molecular weight excluding hydrogens is 176 g/mol. The fraction of sp³-hybridized carbons (Fsp3) is 0.0909. The summed E-state index contributed by atoms with van der Waals surface area (Å²) in [6.45, 7) is 1.31. The lowest BCUT2D eigenvalue weighted by atomic mass is 10.2. The highest BCUT2D eigenvalue weighted by atomic mass is 16.1. The fourth-order valence-corrected chi connectivity index (χ4v) is 1.03. The molecule has 0 saturated heterocycles. The number of fused-ring (bicyclic) bond motifs is 1. The summed E-state index contributed by atoms with van der Waals surface area (Å²) in [5.41, 5.74) is 4.47. The third-order valence-corrected chi connectivity index (χ3v) is 1.55. The zero-order valence-electron chi connectivity index (χ0n) is 7.97. The molecular formula is C11H12N2O. The minimum atomic E-state index is -0.333. The van der Waals surface area contributed by atoms with Gasteiger partial charge in [0.15, 0.2) is 0 Å². The first-order valence-corrected chi connectivity index (χ1v) is 4.25. The van der Waals surface area contributed by atoms with Crippen molar-refractivity contribution in [3.8, 4) is 0 Å². The van der Waals surface area contributed by atoms with E-state index in [0.29, 0.717) is 0 Å². The van der Waals surface area contributed by atoms with E-state index in [4.69, 9.17) is 0 Å². The Morgan fingerprint density at radius 1 is 1.21 bits per heavy atom. The number of amides is 1. The molecule has 0 bridgehead atoms. The lowest BCUT2D eigenvalue weighted by Gasteiger charge is -1.91. The maximum absolute atomic E-state index is 9.22. The van der Waals surface area contributed by atoms with Crippen LogP contribution in [0.25, 0.3) is 10.8 Å². The maximum Gasteiger partial charge on any atom is 0.214 e. The van der Waals surface area contributed by atoms with Gasteiger partial charge in [0.2, 0.25) is 5.91 Å². The average Bonchev–Trinajstić information content (AvgIpc) is 2.17. The lowest BCUT2D eigenvalue weighted by Crippen LogP contribution is -2.01. The van der Waals surface area contributed by atoms with E-state index in [2.05, 4.69) is 22.9 Å². The monoisotopic (exact) mass is 188 g/mol. The van der Waals surface area contributed by atoms with E-state index in [-0.39, 0.29) is 5.91 Å². The van der Waals surface area contributed by atoms with Gasteiger partial charge in [0.1, 0.15) is 0 Å². The van der Waals surface area contributed by atoms with Crippen molar-refractivity contribution < 1.29 is 4.79 Å². The van der Waals surface area contributed by atoms with Crippen LogP contribution in [0.5, 0.6) is 0 Å². The molecule has 1 aromatic carbocycles. The Hall–Kier alpha value is -1.90. The molecule has 0 atom stereocenters. The minimum Gasteiger partial charge on any atom is -0.370 e. The number of nitrogens with two attached hydrogens (primary N) is 1. The van der Waals surface area contributed by atoms with Crippen LogP contribution in [0, 0.1) is 0 Å². The fourth-order valence-electron chi connectivity index (χ4n) is 1.03. The van der Waals surface area contributed by atoms with Crippen molar-refractivity contribution >= 4 is 16.7 Å². The second-order valence-electron chi connectivity index (χ2n) is 2.83. The molecule has 2 rings (SSSR count). The predicted octanol–water partition coefficient (Wildman–Crippen LogP) is 1.73. The van der Waals surface area contributed by atoms with Crippen molar-refractivity contribution in [3.05, 3.63) is 42.7 Å². The van der Waals surface area contributed by atoms with Crippen LogP contribution < -0.4 is 5.73 Å². The van der Waals surface area contributed by atoms with Crippen LogP contribution >= 0.6 is 0 Å². The molecule has 1 amide bonds. The van der Waals surface area contributed by atoms with Crippen molar-refractivity contribution in [2.45, 2.75) is 6.92 Å². The van der Waals surface area contributed by atoms with E-state index in [9.17, 15) is 4.79 Å². The normalized spacial score (nSPS) is 8.93. The molecule has 0 radical (unpaired) electrons. The standard InChI is InChI=1S/C9H7N.C2H5NO/c1-2-4-9-7-10-6-5-8(9)3-1;1-2(3)4/h1-7H;1H3,(H2,3,4). The van der Waals surface area contributed by atoms with Gasteiger partial charge in [0.05, 0.1) is 0 Å². The van der Waals surface area contributed by atoms with Crippen LogP contribution in [0.15, 0.2) is 42.7 Å². The van der Waals surface area contributed by atoms with E-state index in [1.807, 2.05) is 30.6 Å². The van der Waals surface area contributed by atoms with E-state index in [1.54, 1.807) is 0 Å². The lowest BCUT2D eigenvalue weighted by molar-refractivity contribution is -0.115. The van der Waals surface area contributed by atoms with Crippen LogP contribution in [0.1, 0.15) is 6.92 Å². The van der Waals surface area contributed by atoms with Crippen LogP contribution in [-0.4, -0.2) is 10.9 Å². The van der Waals surface area contributed by atoms with Gasteiger partial charge in [-0.05, 0) is 16.8 Å². The molecule has 3 nitrogen and oxygen atoms in total. The smallest absolute Gasteiger partial charge is 0.214 e. The Kier molecular flexibility index (Phi) is 3.61. The number of nitrogens with zero attached hydrogens (tertiary/aromatic N) is 1. The van der Waals surface area contributed by atoms with Crippen LogP contribution in [0.3, 0.4) is 0 Å². The molecule has 72 valence electrons. The number of pyridine rings is 1. The average molecular weight is 188 g/mol. The van der Waals surface area contributed by atoms with Gasteiger partial charge in [0, 0.05) is 19.3 Å². The highest BCUT2D eigenvalue weighted by Gasteiger charge is 1.86. The second kappa shape index (κ2) is 4.97. The van der Waals surface area contributed by atoms with Gasteiger partial charge in [0.25, 0.3) is 0 Å². The van der Waals surface area contributed by atoms with Crippen molar-refractivity contribution in [2.24, 2.45) is 5.73 Å². The zero-order valence-corrected chi connectivity index (χ0v) is 7.97. The Bertz CT molecular complexity index is 357. The summed E-state index contributed by atoms with van der Waals surface area (Å²) in [7, 11) is 0. The third kappa shape index (κ3) is 3.23. The van der Waals surface area contributed by atoms with Gasteiger partial charge < -0.3 is 5.73 Å². The number of aromatic nitrogens is 1. The highest BCUT2D eigenvalue weighted by molar-refractivity contribution is 5.80. The molecule has 2 aromatic rings. The van der Waals surface area contributed by atoms with Gasteiger partial charge in [-0.25, -0.2) is 0 Å². The molecule has 14 heavy (non-hydrogen) atoms. The molecule has 0 unspecified atom stereocenters. The Balaban J connectivity index is 0.000000213. The molecule has 0 aliphatic heterocycles. The summed E-state index contributed by atoms with van der Waals surface area (Å²) < 4.78 is 0. The van der Waals surface area contributed by atoms with Gasteiger partial charge in [-0.1, -0.05) is 24.3 Å². The quantitative estimate of drug-likeness (QED) is 0.684. The van der Waals surface area contributed by atoms with Crippen molar-refractivity contribution in [1.82, 2.24) is 4.98 Å². The number of benzene rings is 1. The Labute approximate surface area is 82.6 Å². The minimum absolute atomic E-state index is 0.333. The first-order chi connectivity index (χ1) is 6.70. The van der Waals surface area contributed by atoms with E-state index in [1.165, 1.54) is 17.7 Å². The van der Waals surface area contributed by atoms with Crippen molar-refractivity contribution in [2.75, 3.05) is 0 Å². The predicted molar refractivity (Wildman–Crippen MR) is 56.6 cm³/mol. The molecule has 3 heteroatoms. The zero-order chi connectivity index (χ0) is 10.4. The Morgan fingerprint density at radius 3 is 2.36 bits per heavy atom. The highest BCUT2D eigenvalue weighted by Crippen LogP contribution is 2.09. The maximum atomic E-state index is 9.22. The molecule has 2 N–H and O–H groups in total. The molecule has 1 heterocycles. The van der Waals surface area contributed by atoms with E-state index in [0.717, 1.165) is 0 Å². The van der Waals surface area contributed by atoms with Gasteiger partial charge in [-0.15, -0.1) is 0 Å². The summed E-state index contributed by atoms with van der Waals surface area (Å²) in [5, 5.41) is 2.45. The number of carbonyl (C=O) groups excluding carboxylic acids is 1. The number of hydrogen-bond acceptors (Lipinski definition) is 2. The molecule has 1 aromatic heterocycles. The van der Waals surface area contributed by atoms with Crippen LogP contribution in [0.4, 0.5) is 0 Å². The molecule has 0 saturated carbocycles. The SMILES string of the molecule is CC(N)=O.c1ccc2cnccc2c1. The number of hydrogen-bond donors (Lipinski definition) is 1. The molecule has 0 spiro atoms. The summed E-state index contributed by atoms with van der Waals surface area (Å²) in [4.78, 5) is 13.2. The van der Waals surface area contributed by atoms with Gasteiger partial charge in [-0.2, -0.15) is 0 Å². The second-order valence-corrected chi connectivity index (χ2v) is 2.83. The Morgan fingerprint density at radius 2 is 1.79 bits per heavy atom. The number of primary amides is 1. The first-order valence-electron chi connectivity index (χ1n) is 4.25. The summed E-state index contributed by atoms with van der Waals surface area (Å²) in [5.74, 6) is -0.333. The molecule has 0 aliphatic carbocycles. The van der Waals surface area contributed by atoms with Crippen molar-refractivity contribution in [3.63, 3.8) is 0 Å². The van der Waals surface area contributed by atoms with Crippen LogP contribution in [0.2, 0.25) is 0 Å². The van der Waals surface area contributed by atoms with Gasteiger partial charge >= 0.3 is 0 Å². The molecule has 0 fully saturated rings. The number of carbonyl (C=O) groups is 1. The summed E-state index contributed by atoms with van der Waals surface area (Å²) in [6, 6.07) is 10.2.